The van der Waals surface area contributed by atoms with Gasteiger partial charge in [0.2, 0.25) is 0 Å². The van der Waals surface area contributed by atoms with Gasteiger partial charge in [-0.25, -0.2) is 0 Å². The summed E-state index contributed by atoms with van der Waals surface area (Å²) in [6.07, 6.45) is 16.8. The third kappa shape index (κ3) is 9.96. The maximum absolute atomic E-state index is 5.64. The van der Waals surface area contributed by atoms with Crippen molar-refractivity contribution in [3.8, 4) is 0 Å². The minimum Gasteiger partial charge on any atom is -0.381 e. The summed E-state index contributed by atoms with van der Waals surface area (Å²) in [6.45, 7) is 4.98. The first-order chi connectivity index (χ1) is 9.93. The van der Waals surface area contributed by atoms with E-state index in [4.69, 9.17) is 4.74 Å². The molecule has 0 bridgehead atoms. The third-order valence-corrected chi connectivity index (χ3v) is 3.56. The number of unbranched alkanes of at least 4 members (excludes halogenated alkanes) is 8. The zero-order chi connectivity index (χ0) is 14.3. The molecule has 0 unspecified atom stereocenters. The summed E-state index contributed by atoms with van der Waals surface area (Å²) in [5, 5.41) is 7.55. The lowest BCUT2D eigenvalue weighted by Crippen LogP contribution is -2.02. The van der Waals surface area contributed by atoms with Crippen molar-refractivity contribution < 1.29 is 4.74 Å². The van der Waals surface area contributed by atoms with E-state index in [1.54, 1.807) is 12.7 Å². The van der Waals surface area contributed by atoms with Crippen molar-refractivity contribution in [1.29, 1.82) is 0 Å². The van der Waals surface area contributed by atoms with Gasteiger partial charge in [0.1, 0.15) is 12.7 Å². The first-order valence-electron chi connectivity index (χ1n) is 8.33. The largest absolute Gasteiger partial charge is 0.381 e. The van der Waals surface area contributed by atoms with Crippen LogP contribution in [0.4, 0.5) is 0 Å². The Labute approximate surface area is 123 Å². The van der Waals surface area contributed by atoms with Crippen LogP contribution in [0.1, 0.15) is 71.1 Å². The first kappa shape index (κ1) is 17.2. The van der Waals surface area contributed by atoms with Gasteiger partial charge in [0.25, 0.3) is 0 Å². The van der Waals surface area contributed by atoms with E-state index in [0.29, 0.717) is 0 Å². The van der Waals surface area contributed by atoms with Crippen LogP contribution in [0.25, 0.3) is 0 Å². The number of rotatable bonds is 14. The Hall–Kier alpha value is -0.900. The van der Waals surface area contributed by atoms with Crippen molar-refractivity contribution in [2.24, 2.45) is 0 Å². The van der Waals surface area contributed by atoms with Gasteiger partial charge in [0.05, 0.1) is 0 Å². The molecule has 0 aliphatic heterocycles. The lowest BCUT2D eigenvalue weighted by molar-refractivity contribution is 0.124. The van der Waals surface area contributed by atoms with E-state index < -0.39 is 0 Å². The van der Waals surface area contributed by atoms with Gasteiger partial charge in [-0.05, 0) is 12.8 Å². The lowest BCUT2D eigenvalue weighted by atomic mass is 10.1. The van der Waals surface area contributed by atoms with Gasteiger partial charge in [0.15, 0.2) is 0 Å². The summed E-state index contributed by atoms with van der Waals surface area (Å²) in [5.41, 5.74) is 0. The van der Waals surface area contributed by atoms with Crippen molar-refractivity contribution in [3.05, 3.63) is 12.7 Å². The Kier molecular flexibility index (Phi) is 11.2. The van der Waals surface area contributed by atoms with E-state index in [2.05, 4.69) is 17.1 Å². The molecule has 0 aliphatic rings. The quantitative estimate of drug-likeness (QED) is 0.479. The second-order valence-corrected chi connectivity index (χ2v) is 5.49. The molecule has 0 saturated carbocycles. The van der Waals surface area contributed by atoms with Gasteiger partial charge in [-0.15, -0.1) is 10.2 Å². The van der Waals surface area contributed by atoms with Crippen LogP contribution < -0.4 is 0 Å². The lowest BCUT2D eigenvalue weighted by Gasteiger charge is -2.05. The monoisotopic (exact) mass is 281 g/mol. The molecule has 1 aromatic rings. The molecule has 0 radical (unpaired) electrons. The van der Waals surface area contributed by atoms with E-state index in [1.165, 1.54) is 57.8 Å². The second kappa shape index (κ2) is 13.1. The highest BCUT2D eigenvalue weighted by Crippen LogP contribution is 2.09. The summed E-state index contributed by atoms with van der Waals surface area (Å²) >= 11 is 0. The highest BCUT2D eigenvalue weighted by Gasteiger charge is 1.94. The molecule has 0 spiro atoms. The standard InChI is InChI=1S/C16H31N3O/c1-2-3-4-5-6-7-8-9-10-13-20-14-11-12-19-15-17-18-16-19/h15-16H,2-14H2,1H3. The van der Waals surface area contributed by atoms with Crippen LogP contribution in [0, 0.1) is 0 Å². The summed E-state index contributed by atoms with van der Waals surface area (Å²) < 4.78 is 7.63. The van der Waals surface area contributed by atoms with Crippen LogP contribution in [0.3, 0.4) is 0 Å². The zero-order valence-electron chi connectivity index (χ0n) is 13.1. The number of nitrogens with zero attached hydrogens (tertiary/aromatic N) is 3. The smallest absolute Gasteiger partial charge is 0.119 e. The molecule has 1 rings (SSSR count). The van der Waals surface area contributed by atoms with Crippen molar-refractivity contribution >= 4 is 0 Å². The van der Waals surface area contributed by atoms with Gasteiger partial charge >= 0.3 is 0 Å². The molecule has 0 atom stereocenters. The van der Waals surface area contributed by atoms with Crippen molar-refractivity contribution in [1.82, 2.24) is 14.8 Å². The topological polar surface area (TPSA) is 39.9 Å². The Morgan fingerprint density at radius 3 is 1.95 bits per heavy atom. The van der Waals surface area contributed by atoms with Crippen LogP contribution in [-0.4, -0.2) is 28.0 Å². The van der Waals surface area contributed by atoms with Crippen LogP contribution in [0.2, 0.25) is 0 Å². The molecule has 116 valence electrons. The molecule has 0 N–H and O–H groups in total. The number of aryl methyl sites for hydroxylation is 1. The molecule has 4 heteroatoms. The average molecular weight is 281 g/mol. The zero-order valence-corrected chi connectivity index (χ0v) is 13.1. The highest BCUT2D eigenvalue weighted by molar-refractivity contribution is 4.59. The molecule has 4 nitrogen and oxygen atoms in total. The van der Waals surface area contributed by atoms with E-state index >= 15 is 0 Å². The Bertz CT molecular complexity index is 288. The molecule has 0 fully saturated rings. The van der Waals surface area contributed by atoms with E-state index in [9.17, 15) is 0 Å². The predicted octanol–water partition coefficient (Wildman–Crippen LogP) is 4.22. The van der Waals surface area contributed by atoms with Gasteiger partial charge in [-0.1, -0.05) is 58.3 Å². The summed E-state index contributed by atoms with van der Waals surface area (Å²) in [7, 11) is 0. The summed E-state index contributed by atoms with van der Waals surface area (Å²) in [4.78, 5) is 0. The maximum atomic E-state index is 5.64. The molecule has 0 aliphatic carbocycles. The SMILES string of the molecule is CCCCCCCCCCCOCCCn1cnnc1. The van der Waals surface area contributed by atoms with Crippen molar-refractivity contribution in [3.63, 3.8) is 0 Å². The van der Waals surface area contributed by atoms with Gasteiger partial charge in [0, 0.05) is 19.8 Å². The van der Waals surface area contributed by atoms with Crippen LogP contribution in [0.15, 0.2) is 12.7 Å². The normalized spacial score (nSPS) is 11.1. The fraction of sp³-hybridized carbons (Fsp3) is 0.875. The summed E-state index contributed by atoms with van der Waals surface area (Å²) in [6, 6.07) is 0. The fourth-order valence-electron chi connectivity index (χ4n) is 2.30. The van der Waals surface area contributed by atoms with E-state index in [-0.39, 0.29) is 0 Å². The maximum Gasteiger partial charge on any atom is 0.119 e. The van der Waals surface area contributed by atoms with Crippen LogP contribution >= 0.6 is 0 Å². The highest BCUT2D eigenvalue weighted by atomic mass is 16.5. The van der Waals surface area contributed by atoms with Crippen LogP contribution in [-0.2, 0) is 11.3 Å². The molecule has 20 heavy (non-hydrogen) atoms. The number of hydrogen-bond acceptors (Lipinski definition) is 3. The number of aromatic nitrogens is 3. The average Bonchev–Trinajstić information content (AvgIpc) is 2.97. The minimum atomic E-state index is 0.842. The second-order valence-electron chi connectivity index (χ2n) is 5.49. The number of hydrogen-bond donors (Lipinski definition) is 0. The minimum absolute atomic E-state index is 0.842. The van der Waals surface area contributed by atoms with Gasteiger partial charge in [-0.3, -0.25) is 0 Å². The van der Waals surface area contributed by atoms with E-state index in [0.717, 1.165) is 26.2 Å². The molecule has 1 heterocycles. The predicted molar refractivity (Wildman–Crippen MR) is 82.7 cm³/mol. The molecule has 1 aromatic heterocycles. The Morgan fingerprint density at radius 2 is 1.30 bits per heavy atom. The Balaban J connectivity index is 1.70. The number of ether oxygens (including phenoxy) is 1. The Morgan fingerprint density at radius 1 is 0.750 bits per heavy atom. The first-order valence-corrected chi connectivity index (χ1v) is 8.33. The van der Waals surface area contributed by atoms with Crippen molar-refractivity contribution in [2.75, 3.05) is 13.2 Å². The summed E-state index contributed by atoms with van der Waals surface area (Å²) in [5.74, 6) is 0. The molecular weight excluding hydrogens is 250 g/mol. The molecule has 0 saturated heterocycles. The molecular formula is C16H31N3O. The fourth-order valence-corrected chi connectivity index (χ4v) is 2.30. The van der Waals surface area contributed by atoms with Crippen molar-refractivity contribution in [2.45, 2.75) is 77.7 Å². The van der Waals surface area contributed by atoms with Gasteiger partial charge < -0.3 is 9.30 Å². The third-order valence-electron chi connectivity index (χ3n) is 3.56. The molecule has 0 aromatic carbocycles. The van der Waals surface area contributed by atoms with Gasteiger partial charge in [-0.2, -0.15) is 0 Å². The molecule has 0 amide bonds. The van der Waals surface area contributed by atoms with E-state index in [1.807, 2.05) is 4.57 Å². The van der Waals surface area contributed by atoms with Crippen LogP contribution in [0.5, 0.6) is 0 Å².